The minimum absolute atomic E-state index is 0.237. The number of rotatable bonds is 6. The van der Waals surface area contributed by atoms with Crippen LogP contribution in [0.4, 0.5) is 21.3 Å². The highest BCUT2D eigenvalue weighted by Crippen LogP contribution is 2.36. The van der Waals surface area contributed by atoms with Gasteiger partial charge in [-0.2, -0.15) is 0 Å². The van der Waals surface area contributed by atoms with Crippen LogP contribution < -0.4 is 25.4 Å². The number of benzene rings is 3. The van der Waals surface area contributed by atoms with Crippen molar-refractivity contribution in [2.75, 3.05) is 30.2 Å². The normalized spacial score (nSPS) is 10.5. The average molecular weight is 483 g/mol. The number of halogens is 1. The van der Waals surface area contributed by atoms with Crippen molar-refractivity contribution in [2.45, 2.75) is 0 Å². The number of amides is 3. The number of ether oxygens (including phenoxy) is 2. The van der Waals surface area contributed by atoms with Crippen molar-refractivity contribution in [3.63, 3.8) is 0 Å². The molecule has 0 saturated heterocycles. The summed E-state index contributed by atoms with van der Waals surface area (Å²) in [7, 11) is 2.98. The van der Waals surface area contributed by atoms with Gasteiger partial charge in [-0.05, 0) is 36.4 Å². The summed E-state index contributed by atoms with van der Waals surface area (Å²) in [5, 5.41) is 9.07. The Hall–Kier alpha value is -3.82. The van der Waals surface area contributed by atoms with E-state index in [9.17, 15) is 9.59 Å². The summed E-state index contributed by atoms with van der Waals surface area (Å²) in [5.74, 6) is 0.600. The fourth-order valence-corrected chi connectivity index (χ4v) is 4.14. The Labute approximate surface area is 198 Å². The molecule has 168 valence electrons. The second kappa shape index (κ2) is 9.76. The zero-order valence-corrected chi connectivity index (χ0v) is 19.2. The van der Waals surface area contributed by atoms with E-state index in [1.165, 1.54) is 25.6 Å². The molecule has 4 aromatic rings. The van der Waals surface area contributed by atoms with E-state index < -0.39 is 6.03 Å². The van der Waals surface area contributed by atoms with Gasteiger partial charge in [0, 0.05) is 17.3 Å². The van der Waals surface area contributed by atoms with Crippen LogP contribution >= 0.6 is 22.9 Å². The molecule has 3 N–H and O–H groups in total. The molecule has 0 bridgehead atoms. The quantitative estimate of drug-likeness (QED) is 0.319. The molecule has 0 aliphatic carbocycles. The van der Waals surface area contributed by atoms with Gasteiger partial charge in [0.05, 0.1) is 35.1 Å². The number of urea groups is 1. The minimum Gasteiger partial charge on any atom is -0.495 e. The molecule has 0 spiro atoms. The van der Waals surface area contributed by atoms with Gasteiger partial charge in [-0.15, -0.1) is 0 Å². The number of anilines is 3. The summed E-state index contributed by atoms with van der Waals surface area (Å²) in [5.41, 5.74) is 2.11. The van der Waals surface area contributed by atoms with Crippen LogP contribution in [0.1, 0.15) is 10.4 Å². The van der Waals surface area contributed by atoms with Gasteiger partial charge in [-0.3, -0.25) is 10.1 Å². The average Bonchev–Trinajstić information content (AvgIpc) is 3.21. The van der Waals surface area contributed by atoms with Crippen molar-refractivity contribution in [3.8, 4) is 11.5 Å². The smallest absolute Gasteiger partial charge is 0.323 e. The molecule has 1 aromatic heterocycles. The summed E-state index contributed by atoms with van der Waals surface area (Å²) in [4.78, 5) is 29.3. The Morgan fingerprint density at radius 1 is 0.909 bits per heavy atom. The van der Waals surface area contributed by atoms with Gasteiger partial charge in [0.1, 0.15) is 11.5 Å². The maximum atomic E-state index is 12.5. The number of thiazole rings is 1. The van der Waals surface area contributed by atoms with Crippen LogP contribution in [0.2, 0.25) is 5.02 Å². The van der Waals surface area contributed by atoms with Crippen molar-refractivity contribution < 1.29 is 19.1 Å². The third-order valence-corrected chi connectivity index (χ3v) is 5.87. The fraction of sp³-hybridized carbons (Fsp3) is 0.0870. The minimum atomic E-state index is -0.485. The van der Waals surface area contributed by atoms with Crippen LogP contribution in [-0.2, 0) is 0 Å². The predicted octanol–water partition coefficient (Wildman–Crippen LogP) is 5.86. The van der Waals surface area contributed by atoms with Crippen LogP contribution in [0.25, 0.3) is 10.2 Å². The van der Waals surface area contributed by atoms with Gasteiger partial charge >= 0.3 is 6.03 Å². The molecule has 0 aliphatic heterocycles. The highest BCUT2D eigenvalue weighted by atomic mass is 35.5. The van der Waals surface area contributed by atoms with E-state index in [2.05, 4.69) is 20.9 Å². The Morgan fingerprint density at radius 2 is 1.67 bits per heavy atom. The number of carbonyl (C=O) groups excluding carboxylic acids is 2. The number of hydrogen-bond acceptors (Lipinski definition) is 6. The monoisotopic (exact) mass is 482 g/mol. The van der Waals surface area contributed by atoms with E-state index in [0.29, 0.717) is 44.1 Å². The van der Waals surface area contributed by atoms with Crippen LogP contribution in [0, 0.1) is 0 Å². The molecule has 33 heavy (non-hydrogen) atoms. The van der Waals surface area contributed by atoms with Gasteiger partial charge in [0.15, 0.2) is 5.13 Å². The van der Waals surface area contributed by atoms with Crippen molar-refractivity contribution in [1.29, 1.82) is 0 Å². The number of nitrogens with one attached hydrogen (secondary N) is 3. The Bertz CT molecular complexity index is 1330. The summed E-state index contributed by atoms with van der Waals surface area (Å²) in [6.45, 7) is 0. The van der Waals surface area contributed by atoms with Crippen molar-refractivity contribution >= 4 is 61.6 Å². The third-order valence-electron chi connectivity index (χ3n) is 4.62. The molecule has 1 heterocycles. The molecule has 0 saturated carbocycles. The molecular formula is C23H19ClN4O4S. The maximum absolute atomic E-state index is 12.5. The highest BCUT2D eigenvalue weighted by Gasteiger charge is 2.14. The summed E-state index contributed by atoms with van der Waals surface area (Å²) in [6, 6.07) is 16.9. The zero-order valence-electron chi connectivity index (χ0n) is 17.6. The second-order valence-corrected chi connectivity index (χ2v) is 8.23. The van der Waals surface area contributed by atoms with E-state index in [1.807, 2.05) is 12.1 Å². The lowest BCUT2D eigenvalue weighted by atomic mass is 10.2. The molecule has 0 aliphatic rings. The van der Waals surface area contributed by atoms with E-state index >= 15 is 0 Å². The molecule has 0 fully saturated rings. The molecule has 0 unspecified atom stereocenters. The van der Waals surface area contributed by atoms with Crippen LogP contribution in [-0.4, -0.2) is 31.1 Å². The van der Waals surface area contributed by atoms with Crippen LogP contribution in [0.5, 0.6) is 11.5 Å². The Morgan fingerprint density at radius 3 is 2.39 bits per heavy atom. The standard InChI is InChI=1S/C23H19ClN4O4S/c1-31-18-12-19(32-2)16(11-15(18)24)26-22(30)25-14-8-9-20-17(10-14)27-23(33-20)28-21(29)13-6-4-3-5-7-13/h3-12H,1-2H3,(H2,25,26,30)(H,27,28,29). The largest absolute Gasteiger partial charge is 0.495 e. The number of methoxy groups -OCH3 is 2. The van der Waals surface area contributed by atoms with Gasteiger partial charge in [0.2, 0.25) is 0 Å². The first-order chi connectivity index (χ1) is 16.0. The van der Waals surface area contributed by atoms with Crippen molar-refractivity contribution in [2.24, 2.45) is 0 Å². The summed E-state index contributed by atoms with van der Waals surface area (Å²) < 4.78 is 11.3. The third kappa shape index (κ3) is 5.16. The molecule has 3 amide bonds. The van der Waals surface area contributed by atoms with Crippen LogP contribution in [0.15, 0.2) is 60.7 Å². The topological polar surface area (TPSA) is 102 Å². The first kappa shape index (κ1) is 22.4. The number of carbonyl (C=O) groups is 2. The zero-order chi connectivity index (χ0) is 23.4. The second-order valence-electron chi connectivity index (χ2n) is 6.79. The van der Waals surface area contributed by atoms with Crippen LogP contribution in [0.3, 0.4) is 0 Å². The Balaban J connectivity index is 1.46. The van der Waals surface area contributed by atoms with E-state index in [4.69, 9.17) is 21.1 Å². The van der Waals surface area contributed by atoms with Crippen molar-refractivity contribution in [3.05, 3.63) is 71.2 Å². The Kier molecular flexibility index (Phi) is 6.62. The van der Waals surface area contributed by atoms with E-state index in [0.717, 1.165) is 4.70 Å². The summed E-state index contributed by atoms with van der Waals surface area (Å²) >= 11 is 7.50. The fourth-order valence-electron chi connectivity index (χ4n) is 3.06. The lowest BCUT2D eigenvalue weighted by molar-refractivity contribution is 0.102. The van der Waals surface area contributed by atoms with E-state index in [-0.39, 0.29) is 5.91 Å². The molecule has 4 rings (SSSR count). The maximum Gasteiger partial charge on any atom is 0.323 e. The van der Waals surface area contributed by atoms with Gasteiger partial charge < -0.3 is 20.1 Å². The highest BCUT2D eigenvalue weighted by molar-refractivity contribution is 7.22. The SMILES string of the molecule is COc1cc(OC)c(NC(=O)Nc2ccc3sc(NC(=O)c4ccccc4)nc3c2)cc1Cl. The molecule has 0 radical (unpaired) electrons. The van der Waals surface area contributed by atoms with Crippen molar-refractivity contribution in [1.82, 2.24) is 4.98 Å². The van der Waals surface area contributed by atoms with E-state index in [1.54, 1.807) is 48.5 Å². The molecule has 10 heteroatoms. The number of nitrogens with zero attached hydrogens (tertiary/aromatic N) is 1. The lowest BCUT2D eigenvalue weighted by Crippen LogP contribution is -2.19. The van der Waals surface area contributed by atoms with Gasteiger partial charge in [-0.1, -0.05) is 41.1 Å². The van der Waals surface area contributed by atoms with Gasteiger partial charge in [0.25, 0.3) is 5.91 Å². The molecule has 0 atom stereocenters. The lowest BCUT2D eigenvalue weighted by Gasteiger charge is -2.13. The first-order valence-corrected chi connectivity index (χ1v) is 10.9. The van der Waals surface area contributed by atoms with Gasteiger partial charge in [-0.25, -0.2) is 9.78 Å². The predicted molar refractivity (Wildman–Crippen MR) is 131 cm³/mol. The summed E-state index contributed by atoms with van der Waals surface area (Å²) in [6.07, 6.45) is 0. The number of hydrogen-bond donors (Lipinski definition) is 3. The molecule has 3 aromatic carbocycles. The molecular weight excluding hydrogens is 464 g/mol. The number of fused-ring (bicyclic) bond motifs is 1. The molecule has 8 nitrogen and oxygen atoms in total. The first-order valence-electron chi connectivity index (χ1n) is 9.73. The number of aromatic nitrogens is 1.